The van der Waals surface area contributed by atoms with Gasteiger partial charge < -0.3 is 14.6 Å². The lowest BCUT2D eigenvalue weighted by Gasteiger charge is -2.15. The number of amides is 1. The van der Waals surface area contributed by atoms with Crippen molar-refractivity contribution < 1.29 is 9.53 Å². The molecule has 1 atom stereocenters. The SMILES string of the molecule is CC(Oc1ccc(Cl)cc1Cl)c1nnc(SCC(=O)NC2CC2)n1C. The fourth-order valence-electron chi connectivity index (χ4n) is 2.25. The maximum Gasteiger partial charge on any atom is 0.230 e. The van der Waals surface area contributed by atoms with Crippen LogP contribution < -0.4 is 10.1 Å². The fraction of sp³-hybridized carbons (Fsp3) is 0.438. The van der Waals surface area contributed by atoms with Crippen LogP contribution in [0.4, 0.5) is 0 Å². The molecule has 1 aromatic carbocycles. The Morgan fingerprint density at radius 3 is 2.88 bits per heavy atom. The third-order valence-electron chi connectivity index (χ3n) is 3.70. The summed E-state index contributed by atoms with van der Waals surface area (Å²) >= 11 is 13.4. The van der Waals surface area contributed by atoms with Crippen molar-refractivity contribution in [2.45, 2.75) is 37.1 Å². The van der Waals surface area contributed by atoms with E-state index in [1.807, 2.05) is 18.5 Å². The molecule has 1 N–H and O–H groups in total. The first kappa shape index (κ1) is 18.4. The third kappa shape index (κ3) is 4.80. The van der Waals surface area contributed by atoms with E-state index >= 15 is 0 Å². The van der Waals surface area contributed by atoms with Crippen molar-refractivity contribution in [1.82, 2.24) is 20.1 Å². The highest BCUT2D eigenvalue weighted by molar-refractivity contribution is 7.99. The predicted molar refractivity (Wildman–Crippen MR) is 98.4 cm³/mol. The van der Waals surface area contributed by atoms with Gasteiger partial charge in [-0.1, -0.05) is 35.0 Å². The molecule has 0 radical (unpaired) electrons. The first-order chi connectivity index (χ1) is 11.9. The summed E-state index contributed by atoms with van der Waals surface area (Å²) in [5, 5.41) is 12.9. The summed E-state index contributed by atoms with van der Waals surface area (Å²) in [6.07, 6.45) is 1.80. The highest BCUT2D eigenvalue weighted by Gasteiger charge is 2.24. The van der Waals surface area contributed by atoms with Gasteiger partial charge in [0.05, 0.1) is 10.8 Å². The lowest BCUT2D eigenvalue weighted by atomic mass is 10.3. The van der Waals surface area contributed by atoms with E-state index in [0.717, 1.165) is 12.8 Å². The summed E-state index contributed by atoms with van der Waals surface area (Å²) < 4.78 is 7.69. The molecule has 1 heterocycles. The summed E-state index contributed by atoms with van der Waals surface area (Å²) in [7, 11) is 1.85. The van der Waals surface area contributed by atoms with E-state index in [2.05, 4.69) is 15.5 Å². The zero-order chi connectivity index (χ0) is 18.0. The Morgan fingerprint density at radius 2 is 2.20 bits per heavy atom. The van der Waals surface area contributed by atoms with Gasteiger partial charge in [-0.3, -0.25) is 4.79 Å². The molecule has 9 heteroatoms. The topological polar surface area (TPSA) is 69.0 Å². The smallest absolute Gasteiger partial charge is 0.230 e. The van der Waals surface area contributed by atoms with Crippen molar-refractivity contribution >= 4 is 40.9 Å². The molecule has 1 aromatic heterocycles. The molecule has 6 nitrogen and oxygen atoms in total. The average Bonchev–Trinajstić information content (AvgIpc) is 3.29. The number of hydrogen-bond acceptors (Lipinski definition) is 5. The lowest BCUT2D eigenvalue weighted by molar-refractivity contribution is -0.118. The van der Waals surface area contributed by atoms with E-state index in [9.17, 15) is 4.79 Å². The Labute approximate surface area is 160 Å². The van der Waals surface area contributed by atoms with Gasteiger partial charge in [-0.25, -0.2) is 0 Å². The zero-order valence-corrected chi connectivity index (χ0v) is 16.2. The first-order valence-electron chi connectivity index (χ1n) is 7.87. The minimum atomic E-state index is -0.356. The van der Waals surface area contributed by atoms with Gasteiger partial charge in [0.15, 0.2) is 17.1 Å². The zero-order valence-electron chi connectivity index (χ0n) is 13.8. The summed E-state index contributed by atoms with van der Waals surface area (Å²) in [6, 6.07) is 5.42. The predicted octanol–water partition coefficient (Wildman–Crippen LogP) is 3.63. The number of carbonyl (C=O) groups is 1. The molecule has 0 aliphatic heterocycles. The quantitative estimate of drug-likeness (QED) is 0.718. The highest BCUT2D eigenvalue weighted by Crippen LogP contribution is 2.31. The molecule has 1 saturated carbocycles. The van der Waals surface area contributed by atoms with E-state index in [1.54, 1.807) is 18.2 Å². The molecule has 134 valence electrons. The maximum absolute atomic E-state index is 11.8. The molecule has 25 heavy (non-hydrogen) atoms. The van der Waals surface area contributed by atoms with Crippen molar-refractivity contribution in [3.63, 3.8) is 0 Å². The number of carbonyl (C=O) groups excluding carboxylic acids is 1. The molecule has 0 spiro atoms. The molecule has 2 aromatic rings. The Balaban J connectivity index is 1.61. The van der Waals surface area contributed by atoms with Gasteiger partial charge >= 0.3 is 0 Å². The molecular weight excluding hydrogens is 383 g/mol. The van der Waals surface area contributed by atoms with Gasteiger partial charge in [0, 0.05) is 18.1 Å². The molecule has 1 amide bonds. The molecule has 1 aliphatic rings. The van der Waals surface area contributed by atoms with Crippen LogP contribution in [0.15, 0.2) is 23.4 Å². The van der Waals surface area contributed by atoms with Gasteiger partial charge in [-0.05, 0) is 38.0 Å². The van der Waals surface area contributed by atoms with Crippen molar-refractivity contribution in [3.8, 4) is 5.75 Å². The number of nitrogens with one attached hydrogen (secondary N) is 1. The fourth-order valence-corrected chi connectivity index (χ4v) is 3.43. The number of ether oxygens (including phenoxy) is 1. The first-order valence-corrected chi connectivity index (χ1v) is 9.61. The maximum atomic E-state index is 11.8. The number of hydrogen-bond donors (Lipinski definition) is 1. The van der Waals surface area contributed by atoms with E-state index in [0.29, 0.717) is 38.6 Å². The van der Waals surface area contributed by atoms with Crippen LogP contribution in [0, 0.1) is 0 Å². The molecular formula is C16H18Cl2N4O2S. The summed E-state index contributed by atoms with van der Waals surface area (Å²) in [5.41, 5.74) is 0. The summed E-state index contributed by atoms with van der Waals surface area (Å²) in [4.78, 5) is 11.8. The Kier molecular flexibility index (Phi) is 5.76. The van der Waals surface area contributed by atoms with Crippen LogP contribution in [0.25, 0.3) is 0 Å². The molecule has 0 bridgehead atoms. The van der Waals surface area contributed by atoms with Crippen LogP contribution in [0.2, 0.25) is 10.0 Å². The lowest BCUT2D eigenvalue weighted by Crippen LogP contribution is -2.27. The van der Waals surface area contributed by atoms with Crippen LogP contribution in [0.1, 0.15) is 31.7 Å². The van der Waals surface area contributed by atoms with Crippen molar-refractivity contribution in [3.05, 3.63) is 34.1 Å². The molecule has 3 rings (SSSR count). The van der Waals surface area contributed by atoms with Crippen LogP contribution in [0.3, 0.4) is 0 Å². The van der Waals surface area contributed by atoms with E-state index in [-0.39, 0.29) is 12.0 Å². The van der Waals surface area contributed by atoms with Gasteiger partial charge in [0.1, 0.15) is 5.75 Å². The van der Waals surface area contributed by atoms with Crippen LogP contribution in [0.5, 0.6) is 5.75 Å². The second kappa shape index (κ2) is 7.85. The minimum absolute atomic E-state index is 0.0225. The van der Waals surface area contributed by atoms with Crippen molar-refractivity contribution in [2.24, 2.45) is 7.05 Å². The Hall–Kier alpha value is -1.44. The van der Waals surface area contributed by atoms with Crippen LogP contribution in [-0.4, -0.2) is 32.5 Å². The number of rotatable bonds is 7. The number of halogens is 2. The number of benzene rings is 1. The highest BCUT2D eigenvalue weighted by atomic mass is 35.5. The van der Waals surface area contributed by atoms with E-state index in [1.165, 1.54) is 11.8 Å². The number of thioether (sulfide) groups is 1. The molecule has 1 fully saturated rings. The van der Waals surface area contributed by atoms with Gasteiger partial charge in [0.2, 0.25) is 5.91 Å². The van der Waals surface area contributed by atoms with Crippen molar-refractivity contribution in [1.29, 1.82) is 0 Å². The van der Waals surface area contributed by atoms with Gasteiger partial charge in [-0.2, -0.15) is 0 Å². The molecule has 1 unspecified atom stereocenters. The summed E-state index contributed by atoms with van der Waals surface area (Å²) in [6.45, 7) is 1.86. The van der Waals surface area contributed by atoms with Crippen LogP contribution >= 0.6 is 35.0 Å². The molecule has 0 saturated heterocycles. The molecule has 1 aliphatic carbocycles. The number of aromatic nitrogens is 3. The Bertz CT molecular complexity index is 779. The van der Waals surface area contributed by atoms with E-state index in [4.69, 9.17) is 27.9 Å². The number of nitrogens with zero attached hydrogens (tertiary/aromatic N) is 3. The van der Waals surface area contributed by atoms with Gasteiger partial charge in [-0.15, -0.1) is 10.2 Å². The average molecular weight is 401 g/mol. The van der Waals surface area contributed by atoms with Crippen LogP contribution in [-0.2, 0) is 11.8 Å². The second-order valence-corrected chi connectivity index (χ2v) is 7.65. The van der Waals surface area contributed by atoms with Gasteiger partial charge in [0.25, 0.3) is 0 Å². The standard InChI is InChI=1S/C16H18Cl2N4O2S/c1-9(24-13-6-3-10(17)7-12(13)18)15-20-21-16(22(15)2)25-8-14(23)19-11-4-5-11/h3,6-7,9,11H,4-5,8H2,1-2H3,(H,19,23). The summed E-state index contributed by atoms with van der Waals surface area (Å²) in [5.74, 6) is 1.52. The van der Waals surface area contributed by atoms with Crippen molar-refractivity contribution in [2.75, 3.05) is 5.75 Å². The second-order valence-electron chi connectivity index (χ2n) is 5.87. The largest absolute Gasteiger partial charge is 0.481 e. The minimum Gasteiger partial charge on any atom is -0.481 e. The Morgan fingerprint density at radius 1 is 1.44 bits per heavy atom. The normalized spacial score (nSPS) is 15.0. The van der Waals surface area contributed by atoms with E-state index < -0.39 is 0 Å². The third-order valence-corrected chi connectivity index (χ3v) is 5.26. The monoisotopic (exact) mass is 400 g/mol.